The van der Waals surface area contributed by atoms with Gasteiger partial charge in [-0.15, -0.1) is 11.8 Å². The zero-order chi connectivity index (χ0) is 15.9. The number of amides is 1. The maximum Gasteiger partial charge on any atom is 0.252 e. The molecule has 5 nitrogen and oxygen atoms in total. The van der Waals surface area contributed by atoms with Crippen molar-refractivity contribution in [3.05, 3.63) is 64.6 Å². The van der Waals surface area contributed by atoms with Crippen LogP contribution in [-0.4, -0.2) is 34.5 Å². The zero-order valence-electron chi connectivity index (χ0n) is 12.2. The Bertz CT molecular complexity index is 700. The predicted molar refractivity (Wildman–Crippen MR) is 87.3 cm³/mol. The Kier molecular flexibility index (Phi) is 5.80. The van der Waals surface area contributed by atoms with Gasteiger partial charge in [0.1, 0.15) is 0 Å². The van der Waals surface area contributed by atoms with Gasteiger partial charge in [0.15, 0.2) is 0 Å². The van der Waals surface area contributed by atoms with E-state index in [1.54, 1.807) is 30.5 Å². The van der Waals surface area contributed by atoms with E-state index in [-0.39, 0.29) is 24.6 Å². The van der Waals surface area contributed by atoms with E-state index < -0.39 is 6.10 Å². The van der Waals surface area contributed by atoms with Crippen LogP contribution in [0.3, 0.4) is 0 Å². The Hall–Kier alpha value is -2.05. The molecule has 6 heteroatoms. The zero-order valence-corrected chi connectivity index (χ0v) is 13.0. The average molecular weight is 318 g/mol. The summed E-state index contributed by atoms with van der Waals surface area (Å²) in [5.41, 5.74) is 0.402. The summed E-state index contributed by atoms with van der Waals surface area (Å²) in [6.07, 6.45) is 2.68. The molecule has 116 valence electrons. The molecule has 0 spiro atoms. The topological polar surface area (TPSA) is 71.3 Å². The molecule has 1 aromatic heterocycles. The molecule has 2 N–H and O–H groups in total. The Balaban J connectivity index is 1.93. The summed E-state index contributed by atoms with van der Waals surface area (Å²) in [5, 5.41) is 12.7. The number of carbonyl (C=O) groups excluding carboxylic acids is 1. The second-order valence-corrected chi connectivity index (χ2v) is 5.60. The number of aliphatic hydroxyl groups is 1. The van der Waals surface area contributed by atoms with Crippen LogP contribution in [0.15, 0.2) is 58.4 Å². The molecule has 1 unspecified atom stereocenters. The van der Waals surface area contributed by atoms with Gasteiger partial charge in [0.2, 0.25) is 0 Å². The molecule has 22 heavy (non-hydrogen) atoms. The third-order valence-corrected chi connectivity index (χ3v) is 3.95. The molecule has 0 saturated carbocycles. The minimum Gasteiger partial charge on any atom is -0.389 e. The van der Waals surface area contributed by atoms with Crippen LogP contribution in [-0.2, 0) is 6.54 Å². The van der Waals surface area contributed by atoms with E-state index >= 15 is 0 Å². The van der Waals surface area contributed by atoms with E-state index in [4.69, 9.17) is 0 Å². The van der Waals surface area contributed by atoms with E-state index in [0.29, 0.717) is 5.56 Å². The highest BCUT2D eigenvalue weighted by atomic mass is 32.2. The minimum atomic E-state index is -0.828. The highest BCUT2D eigenvalue weighted by molar-refractivity contribution is 7.98. The van der Waals surface area contributed by atoms with Gasteiger partial charge >= 0.3 is 0 Å². The van der Waals surface area contributed by atoms with Crippen molar-refractivity contribution in [1.29, 1.82) is 0 Å². The normalized spacial score (nSPS) is 11.9. The molecule has 1 amide bonds. The fourth-order valence-corrected chi connectivity index (χ4v) is 2.64. The second kappa shape index (κ2) is 7.82. The van der Waals surface area contributed by atoms with Gasteiger partial charge in [-0.1, -0.05) is 18.2 Å². The Morgan fingerprint density at radius 2 is 2.00 bits per heavy atom. The molecule has 0 aliphatic carbocycles. The summed E-state index contributed by atoms with van der Waals surface area (Å²) < 4.78 is 1.41. The molecule has 0 fully saturated rings. The van der Waals surface area contributed by atoms with Gasteiger partial charge in [0.25, 0.3) is 11.5 Å². The van der Waals surface area contributed by atoms with E-state index in [1.807, 2.05) is 18.4 Å². The molecule has 1 aromatic carbocycles. The number of pyridine rings is 1. The number of nitrogens with zero attached hydrogens (tertiary/aromatic N) is 1. The summed E-state index contributed by atoms with van der Waals surface area (Å²) in [7, 11) is 0. The van der Waals surface area contributed by atoms with Gasteiger partial charge in [-0.2, -0.15) is 0 Å². The average Bonchev–Trinajstić information content (AvgIpc) is 2.54. The van der Waals surface area contributed by atoms with Crippen molar-refractivity contribution in [2.24, 2.45) is 0 Å². The van der Waals surface area contributed by atoms with Crippen LogP contribution >= 0.6 is 11.8 Å². The van der Waals surface area contributed by atoms with Gasteiger partial charge in [-0.3, -0.25) is 9.59 Å². The van der Waals surface area contributed by atoms with E-state index in [1.165, 1.54) is 22.4 Å². The molecule has 2 aromatic rings. The van der Waals surface area contributed by atoms with Crippen molar-refractivity contribution in [2.45, 2.75) is 17.5 Å². The summed E-state index contributed by atoms with van der Waals surface area (Å²) >= 11 is 1.49. The lowest BCUT2D eigenvalue weighted by Crippen LogP contribution is -2.36. The van der Waals surface area contributed by atoms with Crippen LogP contribution in [0.4, 0.5) is 0 Å². The third-order valence-electron chi connectivity index (χ3n) is 3.16. The van der Waals surface area contributed by atoms with Gasteiger partial charge in [0, 0.05) is 23.7 Å². The first-order valence-electron chi connectivity index (χ1n) is 6.86. The van der Waals surface area contributed by atoms with E-state index in [0.717, 1.165) is 4.90 Å². The first kappa shape index (κ1) is 16.3. The first-order chi connectivity index (χ1) is 10.6. The molecule has 1 atom stereocenters. The van der Waals surface area contributed by atoms with Crippen molar-refractivity contribution in [3.63, 3.8) is 0 Å². The summed E-state index contributed by atoms with van der Waals surface area (Å²) in [5.74, 6) is -0.232. The lowest BCUT2D eigenvalue weighted by atomic mass is 10.2. The first-order valence-corrected chi connectivity index (χ1v) is 8.09. The number of benzene rings is 1. The molecule has 1 heterocycles. The minimum absolute atomic E-state index is 0.0862. The fraction of sp³-hybridized carbons (Fsp3) is 0.250. The maximum atomic E-state index is 12.1. The fourth-order valence-electron chi connectivity index (χ4n) is 2.04. The molecular formula is C16H18N2O3S. The molecule has 0 radical (unpaired) electrons. The smallest absolute Gasteiger partial charge is 0.252 e. The largest absolute Gasteiger partial charge is 0.389 e. The van der Waals surface area contributed by atoms with Crippen molar-refractivity contribution in [1.82, 2.24) is 9.88 Å². The number of nitrogens with one attached hydrogen (secondary N) is 1. The molecular weight excluding hydrogens is 300 g/mol. The van der Waals surface area contributed by atoms with Gasteiger partial charge in [-0.05, 0) is 24.5 Å². The van der Waals surface area contributed by atoms with Crippen LogP contribution in [0.25, 0.3) is 0 Å². The molecule has 0 bridgehead atoms. The SMILES string of the molecule is CSc1ccccc1C(=O)NCC(O)Cn1ccccc1=O. The lowest BCUT2D eigenvalue weighted by Gasteiger charge is -2.14. The molecule has 0 aliphatic heterocycles. The maximum absolute atomic E-state index is 12.1. The highest BCUT2D eigenvalue weighted by Gasteiger charge is 2.12. The number of aromatic nitrogens is 1. The Labute approximate surface area is 133 Å². The Morgan fingerprint density at radius 3 is 2.73 bits per heavy atom. The van der Waals surface area contributed by atoms with Crippen molar-refractivity contribution >= 4 is 17.7 Å². The van der Waals surface area contributed by atoms with Crippen LogP contribution in [0, 0.1) is 0 Å². The molecule has 0 saturated heterocycles. The van der Waals surface area contributed by atoms with E-state index in [9.17, 15) is 14.7 Å². The van der Waals surface area contributed by atoms with Gasteiger partial charge < -0.3 is 15.0 Å². The van der Waals surface area contributed by atoms with Crippen molar-refractivity contribution < 1.29 is 9.90 Å². The molecule has 2 rings (SSSR count). The number of thioether (sulfide) groups is 1. The highest BCUT2D eigenvalue weighted by Crippen LogP contribution is 2.19. The Morgan fingerprint density at radius 1 is 1.27 bits per heavy atom. The van der Waals surface area contributed by atoms with Crippen LogP contribution in [0.2, 0.25) is 0 Å². The second-order valence-electron chi connectivity index (χ2n) is 4.76. The number of rotatable bonds is 6. The summed E-state index contributed by atoms with van der Waals surface area (Å²) in [6.45, 7) is 0.229. The number of carbonyl (C=O) groups is 1. The quantitative estimate of drug-likeness (QED) is 0.789. The third kappa shape index (κ3) is 4.22. The van der Waals surface area contributed by atoms with Gasteiger partial charge in [0.05, 0.1) is 18.2 Å². The number of aliphatic hydroxyl groups excluding tert-OH is 1. The molecule has 0 aliphatic rings. The predicted octanol–water partition coefficient (Wildman–Crippen LogP) is 1.36. The van der Waals surface area contributed by atoms with Crippen LogP contribution < -0.4 is 10.9 Å². The monoisotopic (exact) mass is 318 g/mol. The van der Waals surface area contributed by atoms with E-state index in [2.05, 4.69) is 5.32 Å². The van der Waals surface area contributed by atoms with Gasteiger partial charge in [-0.25, -0.2) is 0 Å². The number of hydrogen-bond donors (Lipinski definition) is 2. The standard InChI is InChI=1S/C16H18N2O3S/c1-22-14-7-3-2-6-13(14)16(21)17-10-12(19)11-18-9-5-4-8-15(18)20/h2-9,12,19H,10-11H2,1H3,(H,17,21). The van der Waals surface area contributed by atoms with Crippen LogP contribution in [0.1, 0.15) is 10.4 Å². The van der Waals surface area contributed by atoms with Crippen LogP contribution in [0.5, 0.6) is 0 Å². The lowest BCUT2D eigenvalue weighted by molar-refractivity contribution is 0.0900. The summed E-state index contributed by atoms with van der Waals surface area (Å²) in [4.78, 5) is 24.6. The van der Waals surface area contributed by atoms with Crippen molar-refractivity contribution in [3.8, 4) is 0 Å². The summed E-state index contributed by atoms with van der Waals surface area (Å²) in [6, 6.07) is 12.1. The number of hydrogen-bond acceptors (Lipinski definition) is 4. The van der Waals surface area contributed by atoms with Crippen molar-refractivity contribution in [2.75, 3.05) is 12.8 Å².